The van der Waals surface area contributed by atoms with Crippen LogP contribution in [0.15, 0.2) is 22.7 Å². The number of rotatable bonds is 2. The Labute approximate surface area is 108 Å². The van der Waals surface area contributed by atoms with Crippen molar-refractivity contribution in [2.45, 2.75) is 19.8 Å². The van der Waals surface area contributed by atoms with Crippen LogP contribution in [0.3, 0.4) is 0 Å². The standard InChI is InChI=1S/C13H14BrNO2/c1-7(2)11-9-6-8(14)4-5-10(9)15(3)12(11)13(16)17/h4-7H,1-3H3,(H,16,17). The maximum atomic E-state index is 11.4. The lowest BCUT2D eigenvalue weighted by Crippen LogP contribution is -2.08. The summed E-state index contributed by atoms with van der Waals surface area (Å²) in [5.74, 6) is -0.692. The van der Waals surface area contributed by atoms with Crippen LogP contribution in [-0.2, 0) is 7.05 Å². The lowest BCUT2D eigenvalue weighted by molar-refractivity contribution is 0.0685. The number of hydrogen-bond acceptors (Lipinski definition) is 1. The second-order valence-electron chi connectivity index (χ2n) is 4.44. The van der Waals surface area contributed by atoms with Crippen molar-refractivity contribution in [3.8, 4) is 0 Å². The number of aryl methyl sites for hydroxylation is 1. The Balaban J connectivity index is 2.93. The molecule has 0 aliphatic carbocycles. The van der Waals surface area contributed by atoms with E-state index in [1.807, 2.05) is 32.0 Å². The van der Waals surface area contributed by atoms with E-state index in [0.717, 1.165) is 20.9 Å². The van der Waals surface area contributed by atoms with Gasteiger partial charge in [-0.2, -0.15) is 0 Å². The summed E-state index contributed by atoms with van der Waals surface area (Å²) in [6, 6.07) is 5.85. The number of carbonyl (C=O) groups is 1. The fraction of sp³-hybridized carbons (Fsp3) is 0.308. The summed E-state index contributed by atoms with van der Waals surface area (Å²) in [4.78, 5) is 11.4. The molecular weight excluding hydrogens is 282 g/mol. The zero-order valence-electron chi connectivity index (χ0n) is 9.99. The van der Waals surface area contributed by atoms with E-state index in [4.69, 9.17) is 0 Å². The smallest absolute Gasteiger partial charge is 0.352 e. The first kappa shape index (κ1) is 12.2. The molecule has 1 aromatic carbocycles. The topological polar surface area (TPSA) is 42.2 Å². The zero-order chi connectivity index (χ0) is 12.7. The van der Waals surface area contributed by atoms with E-state index in [2.05, 4.69) is 15.9 Å². The summed E-state index contributed by atoms with van der Waals surface area (Å²) in [6.07, 6.45) is 0. The summed E-state index contributed by atoms with van der Waals surface area (Å²) in [7, 11) is 1.80. The third-order valence-electron chi connectivity index (χ3n) is 2.98. The number of carboxylic acid groups (broad SMARTS) is 1. The highest BCUT2D eigenvalue weighted by atomic mass is 79.9. The van der Waals surface area contributed by atoms with Crippen molar-refractivity contribution in [2.24, 2.45) is 7.05 Å². The lowest BCUT2D eigenvalue weighted by Gasteiger charge is -2.06. The molecule has 0 radical (unpaired) electrons. The second-order valence-corrected chi connectivity index (χ2v) is 5.36. The van der Waals surface area contributed by atoms with E-state index in [1.54, 1.807) is 11.6 Å². The predicted octanol–water partition coefficient (Wildman–Crippen LogP) is 3.76. The summed E-state index contributed by atoms with van der Waals surface area (Å²) in [5.41, 5.74) is 2.23. The molecule has 0 saturated carbocycles. The molecule has 90 valence electrons. The number of halogens is 1. The van der Waals surface area contributed by atoms with Gasteiger partial charge in [0.05, 0.1) is 0 Å². The van der Waals surface area contributed by atoms with Crippen LogP contribution in [0.1, 0.15) is 35.8 Å². The van der Waals surface area contributed by atoms with E-state index in [1.165, 1.54) is 0 Å². The van der Waals surface area contributed by atoms with Gasteiger partial charge >= 0.3 is 5.97 Å². The molecule has 0 atom stereocenters. The van der Waals surface area contributed by atoms with Crippen LogP contribution in [0, 0.1) is 0 Å². The molecule has 0 spiro atoms. The van der Waals surface area contributed by atoms with Crippen LogP contribution in [0.2, 0.25) is 0 Å². The van der Waals surface area contributed by atoms with E-state index < -0.39 is 5.97 Å². The Bertz CT molecular complexity index is 599. The number of fused-ring (bicyclic) bond motifs is 1. The molecule has 0 aliphatic rings. The predicted molar refractivity (Wildman–Crippen MR) is 71.7 cm³/mol. The highest BCUT2D eigenvalue weighted by Crippen LogP contribution is 2.33. The fourth-order valence-electron chi connectivity index (χ4n) is 2.29. The average Bonchev–Trinajstić information content (AvgIpc) is 2.51. The Kier molecular flexibility index (Phi) is 3.00. The normalized spacial score (nSPS) is 11.4. The van der Waals surface area contributed by atoms with Crippen LogP contribution in [0.4, 0.5) is 0 Å². The van der Waals surface area contributed by atoms with Gasteiger partial charge < -0.3 is 9.67 Å². The van der Waals surface area contributed by atoms with Gasteiger partial charge in [-0.05, 0) is 29.7 Å². The summed E-state index contributed by atoms with van der Waals surface area (Å²) >= 11 is 3.43. The third kappa shape index (κ3) is 1.86. The van der Waals surface area contributed by atoms with Crippen molar-refractivity contribution in [3.05, 3.63) is 33.9 Å². The van der Waals surface area contributed by atoms with Gasteiger partial charge in [-0.25, -0.2) is 4.79 Å². The van der Waals surface area contributed by atoms with Gasteiger partial charge in [0.15, 0.2) is 0 Å². The first-order chi connectivity index (χ1) is 7.93. The Morgan fingerprint density at radius 3 is 2.59 bits per heavy atom. The van der Waals surface area contributed by atoms with Gasteiger partial charge in [0.25, 0.3) is 0 Å². The van der Waals surface area contributed by atoms with Crippen LogP contribution in [0.5, 0.6) is 0 Å². The number of carboxylic acids is 1. The van der Waals surface area contributed by atoms with Gasteiger partial charge in [0.2, 0.25) is 0 Å². The highest BCUT2D eigenvalue weighted by molar-refractivity contribution is 9.10. The van der Waals surface area contributed by atoms with Crippen LogP contribution >= 0.6 is 15.9 Å². The van der Waals surface area contributed by atoms with Crippen molar-refractivity contribution in [3.63, 3.8) is 0 Å². The first-order valence-corrected chi connectivity index (χ1v) is 6.24. The van der Waals surface area contributed by atoms with Crippen molar-refractivity contribution in [1.29, 1.82) is 0 Å². The number of hydrogen-bond donors (Lipinski definition) is 1. The molecule has 0 bridgehead atoms. The quantitative estimate of drug-likeness (QED) is 0.916. The maximum Gasteiger partial charge on any atom is 0.352 e. The lowest BCUT2D eigenvalue weighted by atomic mass is 9.99. The maximum absolute atomic E-state index is 11.4. The van der Waals surface area contributed by atoms with Gasteiger partial charge in [0.1, 0.15) is 5.69 Å². The number of benzene rings is 1. The fourth-order valence-corrected chi connectivity index (χ4v) is 2.65. The van der Waals surface area contributed by atoms with Crippen molar-refractivity contribution < 1.29 is 9.90 Å². The van der Waals surface area contributed by atoms with E-state index >= 15 is 0 Å². The molecule has 2 rings (SSSR count). The SMILES string of the molecule is CC(C)c1c(C(=O)O)n(C)c2ccc(Br)cc12. The van der Waals surface area contributed by atoms with Crippen LogP contribution in [-0.4, -0.2) is 15.6 Å². The van der Waals surface area contributed by atoms with Crippen molar-refractivity contribution >= 4 is 32.8 Å². The minimum atomic E-state index is -0.872. The monoisotopic (exact) mass is 295 g/mol. The summed E-state index contributed by atoms with van der Waals surface area (Å²) < 4.78 is 2.72. The Hall–Kier alpha value is -1.29. The largest absolute Gasteiger partial charge is 0.477 e. The molecule has 0 fully saturated rings. The van der Waals surface area contributed by atoms with E-state index in [9.17, 15) is 9.90 Å². The molecule has 17 heavy (non-hydrogen) atoms. The first-order valence-electron chi connectivity index (χ1n) is 5.44. The Morgan fingerprint density at radius 2 is 2.06 bits per heavy atom. The minimum Gasteiger partial charge on any atom is -0.477 e. The molecule has 4 heteroatoms. The molecule has 1 heterocycles. The minimum absolute atomic E-state index is 0.180. The third-order valence-corrected chi connectivity index (χ3v) is 3.47. The van der Waals surface area contributed by atoms with E-state index in [-0.39, 0.29) is 5.92 Å². The summed E-state index contributed by atoms with van der Waals surface area (Å²) in [6.45, 7) is 4.03. The summed E-state index contributed by atoms with van der Waals surface area (Å²) in [5, 5.41) is 10.3. The molecule has 3 nitrogen and oxygen atoms in total. The average molecular weight is 296 g/mol. The molecule has 1 aromatic heterocycles. The van der Waals surface area contributed by atoms with Gasteiger partial charge in [-0.15, -0.1) is 0 Å². The molecule has 0 amide bonds. The van der Waals surface area contributed by atoms with Crippen LogP contribution < -0.4 is 0 Å². The van der Waals surface area contributed by atoms with E-state index in [0.29, 0.717) is 5.69 Å². The van der Waals surface area contributed by atoms with Gasteiger partial charge in [-0.3, -0.25) is 0 Å². The zero-order valence-corrected chi connectivity index (χ0v) is 11.6. The number of aromatic nitrogens is 1. The van der Waals surface area contributed by atoms with Crippen LogP contribution in [0.25, 0.3) is 10.9 Å². The molecule has 0 unspecified atom stereocenters. The molecule has 0 aliphatic heterocycles. The second kappa shape index (κ2) is 4.18. The van der Waals surface area contributed by atoms with Crippen molar-refractivity contribution in [1.82, 2.24) is 4.57 Å². The molecule has 0 saturated heterocycles. The van der Waals surface area contributed by atoms with Crippen molar-refractivity contribution in [2.75, 3.05) is 0 Å². The Morgan fingerprint density at radius 1 is 1.41 bits per heavy atom. The number of aromatic carboxylic acids is 1. The molecule has 1 N–H and O–H groups in total. The number of nitrogens with zero attached hydrogens (tertiary/aromatic N) is 1. The van der Waals surface area contributed by atoms with Gasteiger partial charge in [0, 0.05) is 22.4 Å². The highest BCUT2D eigenvalue weighted by Gasteiger charge is 2.22. The molecule has 2 aromatic rings. The van der Waals surface area contributed by atoms with Gasteiger partial charge in [-0.1, -0.05) is 29.8 Å². The molecular formula is C13H14BrNO2.